The summed E-state index contributed by atoms with van der Waals surface area (Å²) < 4.78 is 0. The lowest BCUT2D eigenvalue weighted by atomic mass is 10.0. The Hall–Kier alpha value is -2.33. The maximum atomic E-state index is 13.4. The molecule has 0 spiro atoms. The summed E-state index contributed by atoms with van der Waals surface area (Å²) in [6.07, 6.45) is 1.66. The Morgan fingerprint density at radius 3 is 2.17 bits per heavy atom. The molecule has 0 aromatic heterocycles. The third-order valence-corrected chi connectivity index (χ3v) is 5.83. The number of aryl methyl sites for hydroxylation is 2. The van der Waals surface area contributed by atoms with Crippen molar-refractivity contribution in [3.63, 3.8) is 0 Å². The van der Waals surface area contributed by atoms with Gasteiger partial charge in [-0.15, -0.1) is 0 Å². The Morgan fingerprint density at radius 1 is 0.967 bits per heavy atom. The SMILES string of the molecule is CCC(C)NC(=O)C(CC)N(Cc1ccc(Cl)cc1)C(=O)Cc1ccc(C)c(C)c1. The van der Waals surface area contributed by atoms with E-state index in [-0.39, 0.29) is 24.3 Å². The van der Waals surface area contributed by atoms with Gasteiger partial charge in [0.05, 0.1) is 6.42 Å². The first-order chi connectivity index (χ1) is 14.2. The monoisotopic (exact) mass is 428 g/mol. The van der Waals surface area contributed by atoms with Gasteiger partial charge >= 0.3 is 0 Å². The van der Waals surface area contributed by atoms with Crippen LogP contribution in [0.5, 0.6) is 0 Å². The lowest BCUT2D eigenvalue weighted by Gasteiger charge is -2.31. The lowest BCUT2D eigenvalue weighted by molar-refractivity contribution is -0.141. The van der Waals surface area contributed by atoms with Crippen molar-refractivity contribution < 1.29 is 9.59 Å². The highest BCUT2D eigenvalue weighted by atomic mass is 35.5. The number of hydrogen-bond donors (Lipinski definition) is 1. The molecule has 162 valence electrons. The minimum atomic E-state index is -0.520. The molecule has 30 heavy (non-hydrogen) atoms. The quantitative estimate of drug-likeness (QED) is 0.595. The molecule has 0 aliphatic heterocycles. The molecule has 0 aliphatic rings. The van der Waals surface area contributed by atoms with Crippen LogP contribution in [0.4, 0.5) is 0 Å². The predicted molar refractivity (Wildman–Crippen MR) is 124 cm³/mol. The fraction of sp³-hybridized carbons (Fsp3) is 0.440. The minimum Gasteiger partial charge on any atom is -0.352 e. The van der Waals surface area contributed by atoms with Crippen molar-refractivity contribution in [1.29, 1.82) is 0 Å². The largest absolute Gasteiger partial charge is 0.352 e. The van der Waals surface area contributed by atoms with Crippen molar-refractivity contribution in [2.75, 3.05) is 0 Å². The van der Waals surface area contributed by atoms with Gasteiger partial charge in [-0.1, -0.05) is 55.8 Å². The molecule has 0 saturated carbocycles. The average molecular weight is 429 g/mol. The molecule has 0 fully saturated rings. The number of benzene rings is 2. The molecular weight excluding hydrogens is 396 g/mol. The maximum absolute atomic E-state index is 13.4. The smallest absolute Gasteiger partial charge is 0.243 e. The van der Waals surface area contributed by atoms with E-state index < -0.39 is 6.04 Å². The highest BCUT2D eigenvalue weighted by Crippen LogP contribution is 2.18. The van der Waals surface area contributed by atoms with Gasteiger partial charge < -0.3 is 10.2 Å². The van der Waals surface area contributed by atoms with E-state index in [9.17, 15) is 9.59 Å². The number of nitrogens with one attached hydrogen (secondary N) is 1. The molecule has 4 nitrogen and oxygen atoms in total. The summed E-state index contributed by atoms with van der Waals surface area (Å²) in [5.41, 5.74) is 4.26. The zero-order valence-electron chi connectivity index (χ0n) is 18.7. The fourth-order valence-corrected chi connectivity index (χ4v) is 3.46. The van der Waals surface area contributed by atoms with Crippen LogP contribution in [-0.4, -0.2) is 28.8 Å². The van der Waals surface area contributed by atoms with Gasteiger partial charge in [-0.25, -0.2) is 0 Å². The maximum Gasteiger partial charge on any atom is 0.243 e. The van der Waals surface area contributed by atoms with Crippen LogP contribution in [0.2, 0.25) is 5.02 Å². The van der Waals surface area contributed by atoms with Crippen LogP contribution in [0.15, 0.2) is 42.5 Å². The number of hydrogen-bond acceptors (Lipinski definition) is 2. The molecular formula is C25H33ClN2O2. The molecule has 0 bridgehead atoms. The second-order valence-electron chi connectivity index (χ2n) is 7.99. The van der Waals surface area contributed by atoms with Crippen molar-refractivity contribution in [3.8, 4) is 0 Å². The number of amides is 2. The molecule has 2 rings (SSSR count). The summed E-state index contributed by atoms with van der Waals surface area (Å²) in [5, 5.41) is 3.68. The summed E-state index contributed by atoms with van der Waals surface area (Å²) >= 11 is 6.01. The lowest BCUT2D eigenvalue weighted by Crippen LogP contribution is -2.51. The van der Waals surface area contributed by atoms with Crippen LogP contribution >= 0.6 is 11.6 Å². The van der Waals surface area contributed by atoms with Crippen molar-refractivity contribution in [1.82, 2.24) is 10.2 Å². The van der Waals surface area contributed by atoms with E-state index >= 15 is 0 Å². The average Bonchev–Trinajstić information content (AvgIpc) is 2.71. The van der Waals surface area contributed by atoms with E-state index in [0.717, 1.165) is 23.1 Å². The Balaban J connectivity index is 2.30. The minimum absolute atomic E-state index is 0.0562. The van der Waals surface area contributed by atoms with Gasteiger partial charge in [-0.2, -0.15) is 0 Å². The van der Waals surface area contributed by atoms with Gasteiger partial charge in [0.1, 0.15) is 6.04 Å². The number of carbonyl (C=O) groups excluding carboxylic acids is 2. The van der Waals surface area contributed by atoms with Crippen molar-refractivity contribution >= 4 is 23.4 Å². The summed E-state index contributed by atoms with van der Waals surface area (Å²) in [6, 6.07) is 13.0. The number of carbonyl (C=O) groups is 2. The predicted octanol–water partition coefficient (Wildman–Crippen LogP) is 5.22. The van der Waals surface area contributed by atoms with Crippen LogP contribution in [0, 0.1) is 13.8 Å². The van der Waals surface area contributed by atoms with Gasteiger partial charge in [0.15, 0.2) is 0 Å². The number of halogens is 1. The second-order valence-corrected chi connectivity index (χ2v) is 8.42. The molecule has 2 atom stereocenters. The molecule has 2 amide bonds. The van der Waals surface area contributed by atoms with Gasteiger partial charge in [-0.3, -0.25) is 9.59 Å². The molecule has 1 N–H and O–H groups in total. The number of nitrogens with zero attached hydrogens (tertiary/aromatic N) is 1. The zero-order chi connectivity index (χ0) is 22.3. The highest BCUT2D eigenvalue weighted by molar-refractivity contribution is 6.30. The second kappa shape index (κ2) is 11.2. The van der Waals surface area contributed by atoms with E-state index in [2.05, 4.69) is 12.2 Å². The number of rotatable bonds is 9. The van der Waals surface area contributed by atoms with Crippen molar-refractivity contribution in [2.24, 2.45) is 0 Å². The fourth-order valence-electron chi connectivity index (χ4n) is 3.34. The first kappa shape index (κ1) is 23.9. The van der Waals surface area contributed by atoms with Crippen molar-refractivity contribution in [3.05, 3.63) is 69.7 Å². The normalized spacial score (nSPS) is 12.9. The van der Waals surface area contributed by atoms with Crippen LogP contribution in [0.3, 0.4) is 0 Å². The van der Waals surface area contributed by atoms with Crippen LogP contribution < -0.4 is 5.32 Å². The van der Waals surface area contributed by atoms with Gasteiger partial charge in [0.2, 0.25) is 11.8 Å². The molecule has 0 radical (unpaired) electrons. The Labute approximate surface area is 185 Å². The van der Waals surface area contributed by atoms with E-state index in [0.29, 0.717) is 18.0 Å². The van der Waals surface area contributed by atoms with E-state index in [4.69, 9.17) is 11.6 Å². The molecule has 2 aromatic carbocycles. The summed E-state index contributed by atoms with van der Waals surface area (Å²) in [6.45, 7) is 10.4. The van der Waals surface area contributed by atoms with Crippen LogP contribution in [0.25, 0.3) is 0 Å². The zero-order valence-corrected chi connectivity index (χ0v) is 19.4. The van der Waals surface area contributed by atoms with Gasteiger partial charge in [-0.05, 0) is 68.0 Å². The molecule has 2 aromatic rings. The summed E-state index contributed by atoms with van der Waals surface area (Å²) in [7, 11) is 0. The summed E-state index contributed by atoms with van der Waals surface area (Å²) in [5.74, 6) is -0.159. The van der Waals surface area contributed by atoms with Crippen LogP contribution in [0.1, 0.15) is 55.9 Å². The summed E-state index contributed by atoms with van der Waals surface area (Å²) in [4.78, 5) is 28.0. The molecule has 0 heterocycles. The van der Waals surface area contributed by atoms with Crippen LogP contribution in [-0.2, 0) is 22.6 Å². The van der Waals surface area contributed by atoms with E-state index in [1.54, 1.807) is 4.90 Å². The van der Waals surface area contributed by atoms with Crippen molar-refractivity contribution in [2.45, 2.75) is 72.5 Å². The Kier molecular flexibility index (Phi) is 8.91. The molecule has 2 unspecified atom stereocenters. The molecule has 5 heteroatoms. The first-order valence-corrected chi connectivity index (χ1v) is 11.0. The standard InChI is InChI=1S/C25H33ClN2O2/c1-6-19(5)27-25(30)23(7-2)28(16-20-10-12-22(26)13-11-20)24(29)15-21-9-8-17(3)18(4)14-21/h8-14,19,23H,6-7,15-16H2,1-5H3,(H,27,30). The van der Waals surface area contributed by atoms with E-state index in [1.807, 2.05) is 70.2 Å². The first-order valence-electron chi connectivity index (χ1n) is 10.7. The van der Waals surface area contributed by atoms with E-state index in [1.165, 1.54) is 5.56 Å². The van der Waals surface area contributed by atoms with Gasteiger partial charge in [0, 0.05) is 17.6 Å². The third kappa shape index (κ3) is 6.60. The third-order valence-electron chi connectivity index (χ3n) is 5.58. The molecule has 0 saturated heterocycles. The molecule has 0 aliphatic carbocycles. The van der Waals surface area contributed by atoms with Gasteiger partial charge in [0.25, 0.3) is 0 Å². The highest BCUT2D eigenvalue weighted by Gasteiger charge is 2.29. The topological polar surface area (TPSA) is 49.4 Å². The Morgan fingerprint density at radius 2 is 1.60 bits per heavy atom. The Bertz CT molecular complexity index is 864.